The van der Waals surface area contributed by atoms with Crippen molar-refractivity contribution < 1.29 is 4.74 Å². The van der Waals surface area contributed by atoms with Gasteiger partial charge in [0, 0.05) is 6.04 Å². The Kier molecular flexibility index (Phi) is 2.96. The SMILES string of the molecule is CN[C@@H]1CCc2c(OC)cccc2[C@@H]1C. The highest BCUT2D eigenvalue weighted by Crippen LogP contribution is 2.36. The molecule has 2 rings (SSSR count). The van der Waals surface area contributed by atoms with Gasteiger partial charge in [-0.15, -0.1) is 0 Å². The molecule has 0 unspecified atom stereocenters. The number of methoxy groups -OCH3 is 1. The number of hydrogen-bond acceptors (Lipinski definition) is 2. The summed E-state index contributed by atoms with van der Waals surface area (Å²) in [6.45, 7) is 2.29. The summed E-state index contributed by atoms with van der Waals surface area (Å²) in [6, 6.07) is 6.98. The normalized spacial score (nSPS) is 24.7. The summed E-state index contributed by atoms with van der Waals surface area (Å²) in [6.07, 6.45) is 2.32. The summed E-state index contributed by atoms with van der Waals surface area (Å²) in [5.74, 6) is 1.63. The molecule has 0 spiro atoms. The zero-order chi connectivity index (χ0) is 10.8. The molecule has 2 heteroatoms. The van der Waals surface area contributed by atoms with Gasteiger partial charge in [-0.3, -0.25) is 0 Å². The predicted octanol–water partition coefficient (Wildman–Crippen LogP) is 2.33. The Balaban J connectivity index is 2.40. The molecule has 1 aromatic rings. The Labute approximate surface area is 91.6 Å². The first kappa shape index (κ1) is 10.5. The van der Waals surface area contributed by atoms with Gasteiger partial charge in [-0.25, -0.2) is 0 Å². The molecule has 0 heterocycles. The van der Waals surface area contributed by atoms with Gasteiger partial charge in [-0.05, 0) is 43.0 Å². The minimum atomic E-state index is 0.578. The minimum absolute atomic E-state index is 0.578. The Bertz CT molecular complexity index is 348. The standard InChI is InChI=1S/C13H19NO/c1-9-10-5-4-6-13(15-3)11(10)7-8-12(9)14-2/h4-6,9,12,14H,7-8H2,1-3H3/t9-,12+/m0/s1. The van der Waals surface area contributed by atoms with Crippen molar-refractivity contribution in [3.05, 3.63) is 29.3 Å². The van der Waals surface area contributed by atoms with Gasteiger partial charge in [0.15, 0.2) is 0 Å². The molecule has 0 amide bonds. The van der Waals surface area contributed by atoms with Gasteiger partial charge in [0.2, 0.25) is 0 Å². The van der Waals surface area contributed by atoms with E-state index in [1.165, 1.54) is 17.5 Å². The van der Waals surface area contributed by atoms with Gasteiger partial charge in [-0.2, -0.15) is 0 Å². The van der Waals surface area contributed by atoms with Crippen molar-refractivity contribution in [1.82, 2.24) is 5.32 Å². The zero-order valence-electron chi connectivity index (χ0n) is 9.71. The number of hydrogen-bond donors (Lipinski definition) is 1. The number of likely N-dealkylation sites (N-methyl/N-ethyl adjacent to an activating group) is 1. The van der Waals surface area contributed by atoms with Crippen molar-refractivity contribution in [2.75, 3.05) is 14.2 Å². The second-order valence-electron chi connectivity index (χ2n) is 4.25. The highest BCUT2D eigenvalue weighted by Gasteiger charge is 2.26. The van der Waals surface area contributed by atoms with Crippen molar-refractivity contribution in [2.45, 2.75) is 31.7 Å². The molecule has 1 aliphatic carbocycles. The van der Waals surface area contributed by atoms with Crippen LogP contribution in [0.1, 0.15) is 30.4 Å². The molecule has 0 radical (unpaired) electrons. The van der Waals surface area contributed by atoms with Crippen LogP contribution in [0.25, 0.3) is 0 Å². The van der Waals surface area contributed by atoms with Crippen LogP contribution in [-0.4, -0.2) is 20.2 Å². The Morgan fingerprint density at radius 3 is 2.87 bits per heavy atom. The number of fused-ring (bicyclic) bond motifs is 1. The highest BCUT2D eigenvalue weighted by atomic mass is 16.5. The van der Waals surface area contributed by atoms with Crippen molar-refractivity contribution in [1.29, 1.82) is 0 Å². The number of nitrogens with one attached hydrogen (secondary N) is 1. The summed E-state index contributed by atoms with van der Waals surface area (Å²) >= 11 is 0. The van der Waals surface area contributed by atoms with Gasteiger partial charge in [0.1, 0.15) is 5.75 Å². The molecule has 1 aliphatic rings. The van der Waals surface area contributed by atoms with E-state index >= 15 is 0 Å². The molecule has 0 aliphatic heterocycles. The van der Waals surface area contributed by atoms with Crippen molar-refractivity contribution in [2.24, 2.45) is 0 Å². The minimum Gasteiger partial charge on any atom is -0.496 e. The van der Waals surface area contributed by atoms with Gasteiger partial charge in [0.05, 0.1) is 7.11 Å². The lowest BCUT2D eigenvalue weighted by atomic mass is 9.80. The van der Waals surface area contributed by atoms with E-state index in [9.17, 15) is 0 Å². The first-order valence-electron chi connectivity index (χ1n) is 5.61. The maximum absolute atomic E-state index is 5.41. The van der Waals surface area contributed by atoms with E-state index in [1.807, 2.05) is 7.05 Å². The molecule has 0 aromatic heterocycles. The largest absolute Gasteiger partial charge is 0.496 e. The molecular formula is C13H19NO. The zero-order valence-corrected chi connectivity index (χ0v) is 9.71. The topological polar surface area (TPSA) is 21.3 Å². The van der Waals surface area contributed by atoms with Crippen LogP contribution in [-0.2, 0) is 6.42 Å². The van der Waals surface area contributed by atoms with E-state index in [0.717, 1.165) is 12.2 Å². The van der Waals surface area contributed by atoms with Crippen LogP contribution in [0.5, 0.6) is 5.75 Å². The third-order valence-corrected chi connectivity index (χ3v) is 3.56. The van der Waals surface area contributed by atoms with E-state index in [2.05, 4.69) is 30.4 Å². The van der Waals surface area contributed by atoms with E-state index in [0.29, 0.717) is 12.0 Å². The smallest absolute Gasteiger partial charge is 0.122 e. The second kappa shape index (κ2) is 4.23. The summed E-state index contributed by atoms with van der Waals surface area (Å²) in [4.78, 5) is 0. The average molecular weight is 205 g/mol. The summed E-state index contributed by atoms with van der Waals surface area (Å²) < 4.78 is 5.41. The van der Waals surface area contributed by atoms with Crippen molar-refractivity contribution in [3.8, 4) is 5.75 Å². The van der Waals surface area contributed by atoms with Crippen LogP contribution in [0.2, 0.25) is 0 Å². The molecule has 2 nitrogen and oxygen atoms in total. The van der Waals surface area contributed by atoms with E-state index in [4.69, 9.17) is 4.74 Å². The maximum Gasteiger partial charge on any atom is 0.122 e. The Morgan fingerprint density at radius 2 is 2.20 bits per heavy atom. The highest BCUT2D eigenvalue weighted by molar-refractivity contribution is 5.44. The fourth-order valence-electron chi connectivity index (χ4n) is 2.63. The molecule has 0 saturated heterocycles. The number of benzene rings is 1. The fraction of sp³-hybridized carbons (Fsp3) is 0.538. The molecule has 2 atom stereocenters. The third kappa shape index (κ3) is 1.74. The lowest BCUT2D eigenvalue weighted by Crippen LogP contribution is -2.34. The van der Waals surface area contributed by atoms with E-state index in [-0.39, 0.29) is 0 Å². The van der Waals surface area contributed by atoms with Crippen LogP contribution in [0.3, 0.4) is 0 Å². The van der Waals surface area contributed by atoms with E-state index < -0.39 is 0 Å². The molecular weight excluding hydrogens is 186 g/mol. The predicted molar refractivity (Wildman–Crippen MR) is 62.6 cm³/mol. The molecule has 1 N–H and O–H groups in total. The average Bonchev–Trinajstić information content (AvgIpc) is 2.29. The molecule has 82 valence electrons. The first-order chi connectivity index (χ1) is 7.27. The van der Waals surface area contributed by atoms with Crippen molar-refractivity contribution >= 4 is 0 Å². The lowest BCUT2D eigenvalue weighted by Gasteiger charge is -2.31. The fourth-order valence-corrected chi connectivity index (χ4v) is 2.63. The van der Waals surface area contributed by atoms with Crippen LogP contribution in [0.15, 0.2) is 18.2 Å². The molecule has 15 heavy (non-hydrogen) atoms. The van der Waals surface area contributed by atoms with Crippen LogP contribution >= 0.6 is 0 Å². The first-order valence-corrected chi connectivity index (χ1v) is 5.61. The molecule has 0 saturated carbocycles. The summed E-state index contributed by atoms with van der Waals surface area (Å²) in [7, 11) is 3.80. The van der Waals surface area contributed by atoms with Gasteiger partial charge in [-0.1, -0.05) is 19.1 Å². The quantitative estimate of drug-likeness (QED) is 0.800. The van der Waals surface area contributed by atoms with Crippen molar-refractivity contribution in [3.63, 3.8) is 0 Å². The molecule has 1 aromatic carbocycles. The van der Waals surface area contributed by atoms with Crippen LogP contribution in [0, 0.1) is 0 Å². The lowest BCUT2D eigenvalue weighted by molar-refractivity contribution is 0.388. The molecule has 0 bridgehead atoms. The summed E-state index contributed by atoms with van der Waals surface area (Å²) in [5.41, 5.74) is 2.85. The number of ether oxygens (including phenoxy) is 1. The van der Waals surface area contributed by atoms with Gasteiger partial charge >= 0.3 is 0 Å². The number of rotatable bonds is 2. The van der Waals surface area contributed by atoms with Crippen LogP contribution in [0.4, 0.5) is 0 Å². The van der Waals surface area contributed by atoms with Gasteiger partial charge < -0.3 is 10.1 Å². The third-order valence-electron chi connectivity index (χ3n) is 3.56. The second-order valence-corrected chi connectivity index (χ2v) is 4.25. The van der Waals surface area contributed by atoms with Gasteiger partial charge in [0.25, 0.3) is 0 Å². The molecule has 0 fully saturated rings. The Morgan fingerprint density at radius 1 is 1.40 bits per heavy atom. The Hall–Kier alpha value is -1.02. The maximum atomic E-state index is 5.41. The monoisotopic (exact) mass is 205 g/mol. The summed E-state index contributed by atoms with van der Waals surface area (Å²) in [5, 5.41) is 3.39. The van der Waals surface area contributed by atoms with Crippen LogP contribution < -0.4 is 10.1 Å². The van der Waals surface area contributed by atoms with E-state index in [1.54, 1.807) is 7.11 Å².